The summed E-state index contributed by atoms with van der Waals surface area (Å²) in [4.78, 5) is 22.9. The zero-order chi connectivity index (χ0) is 14.3. The number of ether oxygens (including phenoxy) is 1. The van der Waals surface area contributed by atoms with Gasteiger partial charge in [-0.15, -0.1) is 0 Å². The van der Waals surface area contributed by atoms with Crippen molar-refractivity contribution in [2.45, 2.75) is 19.5 Å². The molecule has 0 saturated carbocycles. The Labute approximate surface area is 112 Å². The second kappa shape index (κ2) is 7.38. The van der Waals surface area contributed by atoms with Crippen LogP contribution in [0.4, 0.5) is 5.69 Å². The lowest BCUT2D eigenvalue weighted by Gasteiger charge is -2.16. The van der Waals surface area contributed by atoms with E-state index in [9.17, 15) is 9.59 Å². The average molecular weight is 265 g/mol. The molecule has 2 amide bonds. The summed E-state index contributed by atoms with van der Waals surface area (Å²) in [6, 6.07) is 6.51. The second-order valence-electron chi connectivity index (χ2n) is 4.17. The van der Waals surface area contributed by atoms with E-state index in [4.69, 9.17) is 10.5 Å². The summed E-state index contributed by atoms with van der Waals surface area (Å²) in [5.41, 5.74) is 7.18. The summed E-state index contributed by atoms with van der Waals surface area (Å²) in [5, 5.41) is 5.26. The molecule has 1 atom stereocenters. The van der Waals surface area contributed by atoms with Gasteiger partial charge in [-0.2, -0.15) is 0 Å². The number of amides is 2. The Balaban J connectivity index is 2.51. The van der Waals surface area contributed by atoms with Crippen LogP contribution >= 0.6 is 0 Å². The Kier molecular flexibility index (Phi) is 5.81. The Morgan fingerprint density at radius 3 is 2.47 bits per heavy atom. The number of nitrogens with two attached hydrogens (primary N) is 1. The normalized spacial score (nSPS) is 11.7. The third-order valence-electron chi connectivity index (χ3n) is 2.47. The zero-order valence-electron chi connectivity index (χ0n) is 11.1. The van der Waals surface area contributed by atoms with E-state index in [-0.39, 0.29) is 18.4 Å². The molecule has 0 radical (unpaired) electrons. The molecule has 0 aromatic heterocycles. The van der Waals surface area contributed by atoms with Gasteiger partial charge >= 0.3 is 0 Å². The maximum Gasteiger partial charge on any atom is 0.245 e. The smallest absolute Gasteiger partial charge is 0.245 e. The highest BCUT2D eigenvalue weighted by atomic mass is 16.5. The van der Waals surface area contributed by atoms with E-state index in [1.165, 1.54) is 14.0 Å². The maximum absolute atomic E-state index is 11.9. The first-order chi connectivity index (χ1) is 9.02. The molecule has 0 unspecified atom stereocenters. The van der Waals surface area contributed by atoms with Crippen molar-refractivity contribution >= 4 is 17.5 Å². The first-order valence-corrected chi connectivity index (χ1v) is 5.91. The van der Waals surface area contributed by atoms with E-state index < -0.39 is 6.04 Å². The fourth-order valence-electron chi connectivity index (χ4n) is 1.54. The molecule has 0 aliphatic carbocycles. The van der Waals surface area contributed by atoms with Crippen LogP contribution in [0.5, 0.6) is 0 Å². The highest BCUT2D eigenvalue weighted by Crippen LogP contribution is 2.04. The van der Waals surface area contributed by atoms with Crippen LogP contribution in [0.25, 0.3) is 0 Å². The maximum atomic E-state index is 11.9. The van der Waals surface area contributed by atoms with Gasteiger partial charge in [0.2, 0.25) is 11.8 Å². The monoisotopic (exact) mass is 265 g/mol. The van der Waals surface area contributed by atoms with E-state index in [1.807, 2.05) is 12.1 Å². The lowest BCUT2D eigenvalue weighted by molar-refractivity contribution is -0.129. The van der Waals surface area contributed by atoms with Crippen LogP contribution in [0.2, 0.25) is 0 Å². The first-order valence-electron chi connectivity index (χ1n) is 5.91. The van der Waals surface area contributed by atoms with E-state index in [0.717, 1.165) is 5.56 Å². The van der Waals surface area contributed by atoms with E-state index in [1.54, 1.807) is 12.1 Å². The van der Waals surface area contributed by atoms with Gasteiger partial charge < -0.3 is 21.1 Å². The van der Waals surface area contributed by atoms with Crippen molar-refractivity contribution in [3.05, 3.63) is 29.8 Å². The highest BCUT2D eigenvalue weighted by Gasteiger charge is 2.18. The number of anilines is 1. The number of nitrogens with one attached hydrogen (secondary N) is 2. The van der Waals surface area contributed by atoms with Crippen molar-refractivity contribution in [2.24, 2.45) is 0 Å². The molecule has 0 bridgehead atoms. The Morgan fingerprint density at radius 1 is 1.32 bits per heavy atom. The SMILES string of the molecule is COC[C@@H](NC(C)=O)C(=O)NCc1ccc(N)cc1. The molecule has 0 saturated heterocycles. The molecule has 0 fully saturated rings. The minimum Gasteiger partial charge on any atom is -0.399 e. The van der Waals surface area contributed by atoms with Gasteiger partial charge in [0.25, 0.3) is 0 Å². The van der Waals surface area contributed by atoms with Gasteiger partial charge in [0.1, 0.15) is 6.04 Å². The van der Waals surface area contributed by atoms with Crippen LogP contribution in [0, 0.1) is 0 Å². The number of benzene rings is 1. The van der Waals surface area contributed by atoms with Crippen molar-refractivity contribution in [3.63, 3.8) is 0 Å². The van der Waals surface area contributed by atoms with Gasteiger partial charge in [-0.3, -0.25) is 9.59 Å². The molecular weight excluding hydrogens is 246 g/mol. The third-order valence-corrected chi connectivity index (χ3v) is 2.47. The van der Waals surface area contributed by atoms with Gasteiger partial charge in [0.15, 0.2) is 0 Å². The fourth-order valence-corrected chi connectivity index (χ4v) is 1.54. The Bertz CT molecular complexity index is 431. The lowest BCUT2D eigenvalue weighted by atomic mass is 10.2. The van der Waals surface area contributed by atoms with Crippen molar-refractivity contribution in [1.29, 1.82) is 0 Å². The van der Waals surface area contributed by atoms with Crippen LogP contribution < -0.4 is 16.4 Å². The highest BCUT2D eigenvalue weighted by molar-refractivity contribution is 5.86. The van der Waals surface area contributed by atoms with Crippen molar-refractivity contribution in [2.75, 3.05) is 19.5 Å². The number of hydrogen-bond donors (Lipinski definition) is 3. The average Bonchev–Trinajstić information content (AvgIpc) is 2.37. The molecule has 6 nitrogen and oxygen atoms in total. The number of carbonyl (C=O) groups is 2. The summed E-state index contributed by atoms with van der Waals surface area (Å²) < 4.78 is 4.90. The molecule has 19 heavy (non-hydrogen) atoms. The number of rotatable bonds is 6. The van der Waals surface area contributed by atoms with E-state index in [0.29, 0.717) is 12.2 Å². The molecule has 1 aromatic rings. The molecule has 4 N–H and O–H groups in total. The molecule has 104 valence electrons. The Morgan fingerprint density at radius 2 is 1.95 bits per heavy atom. The van der Waals surface area contributed by atoms with Crippen LogP contribution in [0.3, 0.4) is 0 Å². The van der Waals surface area contributed by atoms with Crippen molar-refractivity contribution in [3.8, 4) is 0 Å². The molecule has 1 rings (SSSR count). The first kappa shape index (κ1) is 15.0. The number of hydrogen-bond acceptors (Lipinski definition) is 4. The third kappa shape index (κ3) is 5.39. The van der Waals surface area contributed by atoms with E-state index >= 15 is 0 Å². The van der Waals surface area contributed by atoms with Gasteiger partial charge in [-0.25, -0.2) is 0 Å². The number of methoxy groups -OCH3 is 1. The second-order valence-corrected chi connectivity index (χ2v) is 4.17. The number of nitrogen functional groups attached to an aromatic ring is 1. The van der Waals surface area contributed by atoms with Gasteiger partial charge in [-0.1, -0.05) is 12.1 Å². The van der Waals surface area contributed by atoms with Gasteiger partial charge in [0.05, 0.1) is 6.61 Å². The van der Waals surface area contributed by atoms with Gasteiger partial charge in [0, 0.05) is 26.3 Å². The minimum atomic E-state index is -0.684. The standard InChI is InChI=1S/C13H19N3O3/c1-9(17)16-12(8-19-2)13(18)15-7-10-3-5-11(14)6-4-10/h3-6,12H,7-8,14H2,1-2H3,(H,15,18)(H,16,17)/t12-/m1/s1. The van der Waals surface area contributed by atoms with Crippen molar-refractivity contribution < 1.29 is 14.3 Å². The molecule has 0 aliphatic heterocycles. The van der Waals surface area contributed by atoms with Crippen LogP contribution in [0.15, 0.2) is 24.3 Å². The fraction of sp³-hybridized carbons (Fsp3) is 0.385. The van der Waals surface area contributed by atoms with Crippen LogP contribution in [-0.4, -0.2) is 31.6 Å². The Hall–Kier alpha value is -2.08. The topological polar surface area (TPSA) is 93.4 Å². The predicted octanol–water partition coefficient (Wildman–Crippen LogP) is 0.0361. The largest absolute Gasteiger partial charge is 0.399 e. The van der Waals surface area contributed by atoms with E-state index in [2.05, 4.69) is 10.6 Å². The number of carbonyl (C=O) groups excluding carboxylic acids is 2. The molecule has 6 heteroatoms. The van der Waals surface area contributed by atoms with Crippen LogP contribution in [-0.2, 0) is 20.9 Å². The molecule has 0 heterocycles. The quantitative estimate of drug-likeness (QED) is 0.633. The molecular formula is C13H19N3O3. The summed E-state index contributed by atoms with van der Waals surface area (Å²) >= 11 is 0. The molecule has 0 aliphatic rings. The molecule has 1 aromatic carbocycles. The van der Waals surface area contributed by atoms with Crippen molar-refractivity contribution in [1.82, 2.24) is 10.6 Å². The van der Waals surface area contributed by atoms with Gasteiger partial charge in [-0.05, 0) is 17.7 Å². The minimum absolute atomic E-state index is 0.132. The van der Waals surface area contributed by atoms with Crippen LogP contribution in [0.1, 0.15) is 12.5 Å². The molecule has 0 spiro atoms. The summed E-state index contributed by atoms with van der Waals surface area (Å²) in [5.74, 6) is -0.557. The summed E-state index contributed by atoms with van der Waals surface area (Å²) in [7, 11) is 1.47. The summed E-state index contributed by atoms with van der Waals surface area (Å²) in [6.45, 7) is 1.86. The lowest BCUT2D eigenvalue weighted by Crippen LogP contribution is -2.48. The predicted molar refractivity (Wildman–Crippen MR) is 72.2 cm³/mol. The summed E-state index contributed by atoms with van der Waals surface area (Å²) in [6.07, 6.45) is 0. The zero-order valence-corrected chi connectivity index (χ0v) is 11.1.